The van der Waals surface area contributed by atoms with Crippen molar-refractivity contribution in [1.29, 1.82) is 0 Å². The molecule has 0 saturated carbocycles. The van der Waals surface area contributed by atoms with Gasteiger partial charge in [0.05, 0.1) is 19.4 Å². The fraction of sp³-hybridized carbons (Fsp3) is 0.333. The number of amides is 1. The fourth-order valence-electron chi connectivity index (χ4n) is 3.06. The third kappa shape index (κ3) is 3.13. The summed E-state index contributed by atoms with van der Waals surface area (Å²) in [6.07, 6.45) is 0.807. The highest BCUT2D eigenvalue weighted by Crippen LogP contribution is 2.25. The van der Waals surface area contributed by atoms with Crippen molar-refractivity contribution < 1.29 is 19.4 Å². The number of hydrogen-bond donors (Lipinski definition) is 1. The number of carbonyl (C=O) groups excluding carboxylic acids is 1. The summed E-state index contributed by atoms with van der Waals surface area (Å²) in [6, 6.07) is 11.7. The Bertz CT molecular complexity index is 756. The minimum absolute atomic E-state index is 0.0240. The van der Waals surface area contributed by atoms with Crippen LogP contribution in [-0.4, -0.2) is 42.1 Å². The normalized spacial score (nSPS) is 17.4. The zero-order chi connectivity index (χ0) is 16.4. The number of benzene rings is 2. The number of methoxy groups -OCH3 is 1. The van der Waals surface area contributed by atoms with Crippen LogP contribution < -0.4 is 4.74 Å². The summed E-state index contributed by atoms with van der Waals surface area (Å²) in [5.74, 6) is -0.532. The molecule has 1 amide bonds. The van der Waals surface area contributed by atoms with Gasteiger partial charge in [0.1, 0.15) is 5.75 Å². The van der Waals surface area contributed by atoms with Gasteiger partial charge in [-0.25, -0.2) is 0 Å². The Morgan fingerprint density at radius 1 is 1.30 bits per heavy atom. The molecule has 1 aliphatic heterocycles. The number of fused-ring (bicyclic) bond motifs is 1. The molecule has 0 bridgehead atoms. The van der Waals surface area contributed by atoms with Gasteiger partial charge in [-0.05, 0) is 34.9 Å². The van der Waals surface area contributed by atoms with Gasteiger partial charge in [-0.15, -0.1) is 0 Å². The molecule has 1 aliphatic rings. The topological polar surface area (TPSA) is 66.8 Å². The van der Waals surface area contributed by atoms with Crippen LogP contribution >= 0.6 is 0 Å². The van der Waals surface area contributed by atoms with Crippen LogP contribution in [0, 0.1) is 5.92 Å². The molecule has 120 valence electrons. The van der Waals surface area contributed by atoms with E-state index in [4.69, 9.17) is 9.84 Å². The van der Waals surface area contributed by atoms with Crippen molar-refractivity contribution in [1.82, 2.24) is 4.90 Å². The third-order valence-corrected chi connectivity index (χ3v) is 4.41. The predicted octanol–water partition coefficient (Wildman–Crippen LogP) is 2.32. The van der Waals surface area contributed by atoms with Crippen LogP contribution in [-0.2, 0) is 16.0 Å². The molecule has 1 saturated heterocycles. The number of carbonyl (C=O) groups is 2. The first-order valence-corrected chi connectivity index (χ1v) is 7.64. The maximum Gasteiger partial charge on any atom is 0.308 e. The Morgan fingerprint density at radius 2 is 2.13 bits per heavy atom. The quantitative estimate of drug-likeness (QED) is 0.940. The first kappa shape index (κ1) is 15.3. The summed E-state index contributed by atoms with van der Waals surface area (Å²) in [6.45, 7) is 0.826. The summed E-state index contributed by atoms with van der Waals surface area (Å²) in [7, 11) is 1.62. The minimum atomic E-state index is -0.824. The van der Waals surface area contributed by atoms with Gasteiger partial charge in [0.25, 0.3) is 0 Å². The molecular formula is C18H19NO4. The van der Waals surface area contributed by atoms with Crippen molar-refractivity contribution in [2.75, 3.05) is 20.2 Å². The number of rotatable bonds is 4. The van der Waals surface area contributed by atoms with E-state index < -0.39 is 11.9 Å². The smallest absolute Gasteiger partial charge is 0.308 e. The molecular weight excluding hydrogens is 294 g/mol. The lowest BCUT2D eigenvalue weighted by atomic mass is 10.0. The number of ether oxygens (including phenoxy) is 1. The summed E-state index contributed by atoms with van der Waals surface area (Å²) >= 11 is 0. The lowest BCUT2D eigenvalue weighted by molar-refractivity contribution is -0.141. The van der Waals surface area contributed by atoms with Gasteiger partial charge in [0, 0.05) is 13.1 Å². The number of hydrogen-bond acceptors (Lipinski definition) is 3. The molecule has 2 aromatic rings. The second-order valence-corrected chi connectivity index (χ2v) is 5.84. The van der Waals surface area contributed by atoms with Gasteiger partial charge >= 0.3 is 5.97 Å². The monoisotopic (exact) mass is 313 g/mol. The summed E-state index contributed by atoms with van der Waals surface area (Å²) in [5, 5.41) is 11.1. The van der Waals surface area contributed by atoms with Crippen molar-refractivity contribution in [3.05, 3.63) is 42.0 Å². The van der Waals surface area contributed by atoms with E-state index in [1.807, 2.05) is 36.4 Å². The van der Waals surface area contributed by atoms with E-state index >= 15 is 0 Å². The number of aliphatic carboxylic acids is 1. The van der Waals surface area contributed by atoms with Crippen LogP contribution in [0.25, 0.3) is 10.8 Å². The second-order valence-electron chi connectivity index (χ2n) is 5.84. The molecule has 5 heteroatoms. The molecule has 1 atom stereocenters. The van der Waals surface area contributed by atoms with Crippen molar-refractivity contribution in [3.8, 4) is 5.75 Å². The molecule has 5 nitrogen and oxygen atoms in total. The van der Waals surface area contributed by atoms with E-state index in [-0.39, 0.29) is 12.3 Å². The summed E-state index contributed by atoms with van der Waals surface area (Å²) in [5.41, 5.74) is 0.935. The molecule has 3 rings (SSSR count). The molecule has 23 heavy (non-hydrogen) atoms. The first-order valence-electron chi connectivity index (χ1n) is 7.64. The highest BCUT2D eigenvalue weighted by Gasteiger charge is 2.30. The predicted molar refractivity (Wildman–Crippen MR) is 86.5 cm³/mol. The third-order valence-electron chi connectivity index (χ3n) is 4.41. The van der Waals surface area contributed by atoms with Gasteiger partial charge in [-0.1, -0.05) is 24.3 Å². The van der Waals surface area contributed by atoms with E-state index in [1.165, 1.54) is 0 Å². The van der Waals surface area contributed by atoms with E-state index in [0.717, 1.165) is 22.1 Å². The fourth-order valence-corrected chi connectivity index (χ4v) is 3.06. The molecule has 2 aromatic carbocycles. The molecule has 0 radical (unpaired) electrons. The van der Waals surface area contributed by atoms with Crippen LogP contribution in [0.1, 0.15) is 12.0 Å². The van der Waals surface area contributed by atoms with Gasteiger partial charge < -0.3 is 14.7 Å². The average Bonchev–Trinajstić information content (AvgIpc) is 3.05. The standard InChI is InChI=1S/C18H19NO4/c1-23-15-6-5-12-3-2-4-13(16(12)10-15)9-17(20)19-8-7-14(11-19)18(21)22/h2-6,10,14H,7-9,11H2,1H3,(H,21,22). The number of likely N-dealkylation sites (tertiary alicyclic amines) is 1. The maximum atomic E-state index is 12.5. The number of nitrogens with zero attached hydrogens (tertiary/aromatic N) is 1. The van der Waals surface area contributed by atoms with E-state index in [1.54, 1.807) is 12.0 Å². The highest BCUT2D eigenvalue weighted by atomic mass is 16.5. The lowest BCUT2D eigenvalue weighted by Gasteiger charge is -2.16. The van der Waals surface area contributed by atoms with Crippen LogP contribution in [0.5, 0.6) is 5.75 Å². The second kappa shape index (κ2) is 6.28. The van der Waals surface area contributed by atoms with Crippen molar-refractivity contribution in [2.24, 2.45) is 5.92 Å². The van der Waals surface area contributed by atoms with Crippen LogP contribution in [0.4, 0.5) is 0 Å². The number of carboxylic acids is 1. The highest BCUT2D eigenvalue weighted by molar-refractivity contribution is 5.91. The summed E-state index contributed by atoms with van der Waals surface area (Å²) in [4.78, 5) is 25.2. The molecule has 1 N–H and O–H groups in total. The SMILES string of the molecule is COc1ccc2cccc(CC(=O)N3CCC(C(=O)O)C3)c2c1. The largest absolute Gasteiger partial charge is 0.497 e. The molecule has 1 unspecified atom stereocenters. The van der Waals surface area contributed by atoms with Gasteiger partial charge in [-0.2, -0.15) is 0 Å². The Balaban J connectivity index is 1.81. The molecule has 0 aliphatic carbocycles. The number of carboxylic acid groups (broad SMARTS) is 1. The molecule has 1 fully saturated rings. The lowest BCUT2D eigenvalue weighted by Crippen LogP contribution is -2.31. The average molecular weight is 313 g/mol. The Kier molecular flexibility index (Phi) is 4.19. The van der Waals surface area contributed by atoms with Crippen molar-refractivity contribution in [2.45, 2.75) is 12.8 Å². The van der Waals surface area contributed by atoms with Crippen molar-refractivity contribution in [3.63, 3.8) is 0 Å². The van der Waals surface area contributed by atoms with Gasteiger partial charge in [0.15, 0.2) is 0 Å². The van der Waals surface area contributed by atoms with E-state index in [9.17, 15) is 9.59 Å². The van der Waals surface area contributed by atoms with Crippen LogP contribution in [0.3, 0.4) is 0 Å². The molecule has 0 aromatic heterocycles. The molecule has 0 spiro atoms. The summed E-state index contributed by atoms with van der Waals surface area (Å²) < 4.78 is 5.26. The van der Waals surface area contributed by atoms with E-state index in [2.05, 4.69) is 0 Å². The van der Waals surface area contributed by atoms with Crippen LogP contribution in [0.2, 0.25) is 0 Å². The van der Waals surface area contributed by atoms with Crippen LogP contribution in [0.15, 0.2) is 36.4 Å². The molecule has 1 heterocycles. The van der Waals surface area contributed by atoms with Gasteiger partial charge in [-0.3, -0.25) is 9.59 Å². The minimum Gasteiger partial charge on any atom is -0.497 e. The zero-order valence-electron chi connectivity index (χ0n) is 13.0. The maximum absolute atomic E-state index is 12.5. The zero-order valence-corrected chi connectivity index (χ0v) is 13.0. The van der Waals surface area contributed by atoms with Gasteiger partial charge in [0.2, 0.25) is 5.91 Å². The van der Waals surface area contributed by atoms with E-state index in [0.29, 0.717) is 19.5 Å². The first-order chi connectivity index (χ1) is 11.1. The Hall–Kier alpha value is -2.56. The van der Waals surface area contributed by atoms with Crippen molar-refractivity contribution >= 4 is 22.6 Å². The Morgan fingerprint density at radius 3 is 2.83 bits per heavy atom. The Labute approximate surface area is 134 Å².